The van der Waals surface area contributed by atoms with Gasteiger partial charge in [0.25, 0.3) is 0 Å². The lowest BCUT2D eigenvalue weighted by molar-refractivity contribution is 0.718. The molecular weight excluding hydrogens is 134 g/mol. The molecule has 1 saturated heterocycles. The SMILES string of the molecule is N=C(N)C1(N)CCCS1. The molecule has 0 bridgehead atoms. The molecule has 4 heteroatoms. The van der Waals surface area contributed by atoms with E-state index < -0.39 is 4.87 Å². The summed E-state index contributed by atoms with van der Waals surface area (Å²) >= 11 is 1.58. The van der Waals surface area contributed by atoms with Crippen LogP contribution in [0.25, 0.3) is 0 Å². The summed E-state index contributed by atoms with van der Waals surface area (Å²) in [4.78, 5) is -0.528. The Morgan fingerprint density at radius 3 is 2.56 bits per heavy atom. The van der Waals surface area contributed by atoms with Crippen LogP contribution in [-0.2, 0) is 0 Å². The molecule has 0 saturated carbocycles. The van der Waals surface area contributed by atoms with Crippen molar-refractivity contribution in [3.8, 4) is 0 Å². The average molecular weight is 145 g/mol. The van der Waals surface area contributed by atoms with Crippen molar-refractivity contribution < 1.29 is 0 Å². The Balaban J connectivity index is 2.61. The van der Waals surface area contributed by atoms with Gasteiger partial charge in [-0.3, -0.25) is 5.41 Å². The van der Waals surface area contributed by atoms with Crippen LogP contribution in [0.4, 0.5) is 0 Å². The number of amidine groups is 1. The molecule has 1 aliphatic heterocycles. The molecule has 0 aromatic rings. The molecule has 0 radical (unpaired) electrons. The van der Waals surface area contributed by atoms with Gasteiger partial charge in [-0.2, -0.15) is 0 Å². The highest BCUT2D eigenvalue weighted by Gasteiger charge is 2.33. The van der Waals surface area contributed by atoms with E-state index in [4.69, 9.17) is 16.9 Å². The minimum absolute atomic E-state index is 0.116. The van der Waals surface area contributed by atoms with Crippen LogP contribution in [0.1, 0.15) is 12.8 Å². The summed E-state index contributed by atoms with van der Waals surface area (Å²) in [7, 11) is 0. The van der Waals surface area contributed by atoms with Gasteiger partial charge in [0.1, 0.15) is 10.7 Å². The van der Waals surface area contributed by atoms with Crippen molar-refractivity contribution in [1.82, 2.24) is 0 Å². The largest absolute Gasteiger partial charge is 0.385 e. The van der Waals surface area contributed by atoms with Gasteiger partial charge in [-0.15, -0.1) is 11.8 Å². The Labute approximate surface area is 58.7 Å². The lowest BCUT2D eigenvalue weighted by Crippen LogP contribution is -2.46. The second-order valence-electron chi connectivity index (χ2n) is 2.26. The van der Waals surface area contributed by atoms with E-state index in [-0.39, 0.29) is 5.84 Å². The van der Waals surface area contributed by atoms with Gasteiger partial charge in [0.2, 0.25) is 0 Å². The van der Waals surface area contributed by atoms with Crippen LogP contribution in [0.2, 0.25) is 0 Å². The first kappa shape index (κ1) is 6.89. The van der Waals surface area contributed by atoms with Crippen molar-refractivity contribution in [3.05, 3.63) is 0 Å². The third kappa shape index (κ3) is 1.19. The van der Waals surface area contributed by atoms with Crippen molar-refractivity contribution in [2.75, 3.05) is 5.75 Å². The van der Waals surface area contributed by atoms with Crippen molar-refractivity contribution in [2.24, 2.45) is 11.5 Å². The summed E-state index contributed by atoms with van der Waals surface area (Å²) in [6.45, 7) is 0. The van der Waals surface area contributed by atoms with Crippen LogP contribution in [0.3, 0.4) is 0 Å². The minimum Gasteiger partial charge on any atom is -0.385 e. The first-order valence-electron chi connectivity index (χ1n) is 2.92. The highest BCUT2D eigenvalue weighted by atomic mass is 32.2. The maximum Gasteiger partial charge on any atom is 0.122 e. The zero-order chi connectivity index (χ0) is 6.91. The molecule has 0 aromatic heterocycles. The molecule has 1 heterocycles. The van der Waals surface area contributed by atoms with Crippen molar-refractivity contribution >= 4 is 17.6 Å². The zero-order valence-electron chi connectivity index (χ0n) is 5.18. The monoisotopic (exact) mass is 145 g/mol. The molecule has 3 nitrogen and oxygen atoms in total. The van der Waals surface area contributed by atoms with Gasteiger partial charge >= 0.3 is 0 Å². The molecule has 5 N–H and O–H groups in total. The topological polar surface area (TPSA) is 75.9 Å². The summed E-state index contributed by atoms with van der Waals surface area (Å²) in [6, 6.07) is 0. The molecule has 1 rings (SSSR count). The van der Waals surface area contributed by atoms with Gasteiger partial charge in [0.15, 0.2) is 0 Å². The Bertz CT molecular complexity index is 128. The maximum atomic E-state index is 7.12. The van der Waals surface area contributed by atoms with Crippen LogP contribution in [0.5, 0.6) is 0 Å². The van der Waals surface area contributed by atoms with Crippen LogP contribution in [-0.4, -0.2) is 16.5 Å². The van der Waals surface area contributed by atoms with Gasteiger partial charge < -0.3 is 11.5 Å². The Hall–Kier alpha value is -0.220. The van der Waals surface area contributed by atoms with Gasteiger partial charge in [0.05, 0.1) is 0 Å². The van der Waals surface area contributed by atoms with E-state index in [1.165, 1.54) is 0 Å². The quantitative estimate of drug-likeness (QED) is 0.362. The Morgan fingerprint density at radius 2 is 2.33 bits per heavy atom. The normalized spacial score (nSPS) is 34.8. The minimum atomic E-state index is -0.528. The predicted octanol–water partition coefficient (Wildman–Crippen LogP) is 0.104. The summed E-state index contributed by atoms with van der Waals surface area (Å²) < 4.78 is 0. The van der Waals surface area contributed by atoms with E-state index in [9.17, 15) is 0 Å². The van der Waals surface area contributed by atoms with E-state index in [1.54, 1.807) is 11.8 Å². The summed E-state index contributed by atoms with van der Waals surface area (Å²) in [6.07, 6.45) is 1.94. The van der Waals surface area contributed by atoms with E-state index in [2.05, 4.69) is 0 Å². The van der Waals surface area contributed by atoms with Crippen LogP contribution in [0.15, 0.2) is 0 Å². The maximum absolute atomic E-state index is 7.12. The number of hydrogen-bond acceptors (Lipinski definition) is 3. The molecule has 0 aromatic carbocycles. The first-order chi connectivity index (χ1) is 4.15. The van der Waals surface area contributed by atoms with E-state index in [1.807, 2.05) is 0 Å². The van der Waals surface area contributed by atoms with Crippen LogP contribution in [0, 0.1) is 5.41 Å². The van der Waals surface area contributed by atoms with E-state index in [0.717, 1.165) is 18.6 Å². The third-order valence-corrected chi connectivity index (χ3v) is 2.94. The number of hydrogen-bond donors (Lipinski definition) is 3. The molecule has 52 valence electrons. The predicted molar refractivity (Wildman–Crippen MR) is 40.5 cm³/mol. The standard InChI is InChI=1S/C5H11N3S/c6-4(7)5(8)2-1-3-9-5/h1-3,8H2,(H3,6,7). The molecule has 0 aliphatic carbocycles. The van der Waals surface area contributed by atoms with E-state index in [0.29, 0.717) is 0 Å². The smallest absolute Gasteiger partial charge is 0.122 e. The summed E-state index contributed by atoms with van der Waals surface area (Å²) in [5, 5.41) is 7.12. The third-order valence-electron chi connectivity index (χ3n) is 1.51. The second-order valence-corrected chi connectivity index (χ2v) is 3.68. The van der Waals surface area contributed by atoms with Crippen molar-refractivity contribution in [1.29, 1.82) is 5.41 Å². The Kier molecular flexibility index (Phi) is 1.68. The Morgan fingerprint density at radius 1 is 1.67 bits per heavy atom. The molecular formula is C5H11N3S. The summed E-state index contributed by atoms with van der Waals surface area (Å²) in [5.41, 5.74) is 11.0. The lowest BCUT2D eigenvalue weighted by atomic mass is 10.2. The highest BCUT2D eigenvalue weighted by Crippen LogP contribution is 2.32. The van der Waals surface area contributed by atoms with Gasteiger partial charge in [-0.05, 0) is 18.6 Å². The lowest BCUT2D eigenvalue weighted by Gasteiger charge is -2.19. The van der Waals surface area contributed by atoms with Gasteiger partial charge in [-0.1, -0.05) is 0 Å². The summed E-state index contributed by atoms with van der Waals surface area (Å²) in [5.74, 6) is 1.15. The second kappa shape index (κ2) is 2.19. The number of thioether (sulfide) groups is 1. The highest BCUT2D eigenvalue weighted by molar-refractivity contribution is 8.01. The molecule has 1 unspecified atom stereocenters. The fourth-order valence-electron chi connectivity index (χ4n) is 0.874. The average Bonchev–Trinajstić information content (AvgIpc) is 2.16. The molecule has 9 heavy (non-hydrogen) atoms. The fraction of sp³-hybridized carbons (Fsp3) is 0.800. The number of nitrogens with two attached hydrogens (primary N) is 2. The van der Waals surface area contributed by atoms with Crippen molar-refractivity contribution in [3.63, 3.8) is 0 Å². The first-order valence-corrected chi connectivity index (χ1v) is 3.91. The van der Waals surface area contributed by atoms with E-state index >= 15 is 0 Å². The van der Waals surface area contributed by atoms with Crippen molar-refractivity contribution in [2.45, 2.75) is 17.7 Å². The molecule has 1 atom stereocenters. The number of nitrogens with one attached hydrogen (secondary N) is 1. The zero-order valence-corrected chi connectivity index (χ0v) is 6.00. The van der Waals surface area contributed by atoms with Gasteiger partial charge in [0, 0.05) is 0 Å². The molecule has 0 amide bonds. The van der Waals surface area contributed by atoms with Gasteiger partial charge in [-0.25, -0.2) is 0 Å². The van der Waals surface area contributed by atoms with Crippen LogP contribution < -0.4 is 11.5 Å². The van der Waals surface area contributed by atoms with Crippen LogP contribution >= 0.6 is 11.8 Å². The molecule has 1 aliphatic rings. The molecule has 1 fully saturated rings. The number of rotatable bonds is 1. The molecule has 0 spiro atoms. The fourth-order valence-corrected chi connectivity index (χ4v) is 1.97.